The number of ether oxygens (including phenoxy) is 1. The van der Waals surface area contributed by atoms with E-state index in [1.807, 2.05) is 48.5 Å². The van der Waals surface area contributed by atoms with Crippen molar-refractivity contribution in [1.29, 1.82) is 0 Å². The number of hydrogen-bond donors (Lipinski definition) is 1. The van der Waals surface area contributed by atoms with Crippen LogP contribution in [0.4, 0.5) is 11.5 Å². The van der Waals surface area contributed by atoms with Gasteiger partial charge in [0.05, 0.1) is 16.8 Å². The van der Waals surface area contributed by atoms with Gasteiger partial charge in [-0.05, 0) is 47.2 Å². The minimum atomic E-state index is -0.662. The number of benzene rings is 2. The van der Waals surface area contributed by atoms with Gasteiger partial charge in [-0.25, -0.2) is 4.98 Å². The van der Waals surface area contributed by atoms with Crippen LogP contribution < -0.4 is 15.0 Å². The lowest BCUT2D eigenvalue weighted by Gasteiger charge is -2.36. The predicted molar refractivity (Wildman–Crippen MR) is 141 cm³/mol. The van der Waals surface area contributed by atoms with Gasteiger partial charge >= 0.3 is 0 Å². The molecule has 1 atom stereocenters. The fourth-order valence-corrected chi connectivity index (χ4v) is 5.29. The van der Waals surface area contributed by atoms with E-state index in [4.69, 9.17) is 16.3 Å². The maximum atomic E-state index is 13.6. The van der Waals surface area contributed by atoms with Crippen molar-refractivity contribution < 1.29 is 14.3 Å². The van der Waals surface area contributed by atoms with Crippen LogP contribution in [0, 0.1) is 5.41 Å². The highest BCUT2D eigenvalue weighted by atomic mass is 35.5. The lowest BCUT2D eigenvalue weighted by molar-refractivity contribution is -0.118. The standard InChI is InChI=1S/C29H28ClN3O3/c1-18(34)33-27(20-11-12-25(21(30)14-20)36-17-19-8-5-4-6-9-19)26-23(15-29(2,3)16-24(26)35)32-22-10-7-13-31-28(22)33/h4-14,27,32H,15-17H2,1-3H3/t27-/m1/s1. The van der Waals surface area contributed by atoms with Crippen molar-refractivity contribution in [3.05, 3.63) is 94.3 Å². The van der Waals surface area contributed by atoms with Crippen LogP contribution >= 0.6 is 11.6 Å². The first kappa shape index (κ1) is 24.1. The number of halogens is 1. The number of allylic oxidation sites excluding steroid dienone is 1. The molecule has 1 aromatic heterocycles. The van der Waals surface area contributed by atoms with Crippen LogP contribution in [-0.4, -0.2) is 16.7 Å². The minimum absolute atomic E-state index is 0.0123. The van der Waals surface area contributed by atoms with Crippen molar-refractivity contribution in [3.63, 3.8) is 0 Å². The molecule has 0 unspecified atom stereocenters. The molecule has 5 rings (SSSR count). The van der Waals surface area contributed by atoms with Crippen molar-refractivity contribution in [2.24, 2.45) is 5.41 Å². The van der Waals surface area contributed by atoms with E-state index >= 15 is 0 Å². The van der Waals surface area contributed by atoms with E-state index < -0.39 is 6.04 Å². The van der Waals surface area contributed by atoms with E-state index in [0.717, 1.165) is 16.8 Å². The first-order valence-corrected chi connectivity index (χ1v) is 12.4. The van der Waals surface area contributed by atoms with E-state index in [-0.39, 0.29) is 17.1 Å². The largest absolute Gasteiger partial charge is 0.487 e. The molecule has 6 nitrogen and oxygen atoms in total. The Balaban J connectivity index is 1.60. The molecule has 1 aliphatic heterocycles. The Morgan fingerprint density at radius 1 is 1.14 bits per heavy atom. The van der Waals surface area contributed by atoms with Gasteiger partial charge in [-0.3, -0.25) is 14.5 Å². The molecule has 2 aromatic carbocycles. The number of amides is 1. The number of ketones is 1. The van der Waals surface area contributed by atoms with Gasteiger partial charge < -0.3 is 10.1 Å². The van der Waals surface area contributed by atoms with Crippen molar-refractivity contribution in [2.45, 2.75) is 46.3 Å². The van der Waals surface area contributed by atoms with Gasteiger partial charge in [0.15, 0.2) is 11.6 Å². The van der Waals surface area contributed by atoms with Gasteiger partial charge in [0.25, 0.3) is 0 Å². The average molecular weight is 502 g/mol. The quantitative estimate of drug-likeness (QED) is 0.443. The third-order valence-electron chi connectivity index (χ3n) is 6.60. The number of rotatable bonds is 4. The molecular formula is C29H28ClN3O3. The normalized spacial score (nSPS) is 18.6. The molecule has 7 heteroatoms. The number of hydrogen-bond acceptors (Lipinski definition) is 5. The van der Waals surface area contributed by atoms with E-state index in [2.05, 4.69) is 24.1 Å². The number of fused-ring (bicyclic) bond motifs is 1. The fourth-order valence-electron chi connectivity index (χ4n) is 5.05. The van der Waals surface area contributed by atoms with Crippen LogP contribution in [0.15, 0.2) is 78.1 Å². The molecule has 2 aliphatic rings. The second-order valence-corrected chi connectivity index (χ2v) is 10.5. The highest BCUT2D eigenvalue weighted by Gasteiger charge is 2.43. The maximum Gasteiger partial charge on any atom is 0.225 e. The lowest BCUT2D eigenvalue weighted by atomic mass is 9.73. The van der Waals surface area contributed by atoms with Gasteiger partial charge in [-0.2, -0.15) is 0 Å². The Morgan fingerprint density at radius 3 is 2.64 bits per heavy atom. The van der Waals surface area contributed by atoms with Crippen LogP contribution in [0.5, 0.6) is 5.75 Å². The zero-order valence-corrected chi connectivity index (χ0v) is 21.3. The van der Waals surface area contributed by atoms with Gasteiger partial charge in [-0.1, -0.05) is 61.8 Å². The number of nitrogens with one attached hydrogen (secondary N) is 1. The molecule has 3 aromatic rings. The highest BCUT2D eigenvalue weighted by Crippen LogP contribution is 2.48. The zero-order chi connectivity index (χ0) is 25.4. The summed E-state index contributed by atoms with van der Waals surface area (Å²) in [6.45, 7) is 6.04. The van der Waals surface area contributed by atoms with Crippen molar-refractivity contribution in [1.82, 2.24) is 4.98 Å². The van der Waals surface area contributed by atoms with Crippen LogP contribution in [0.3, 0.4) is 0 Å². The number of aromatic nitrogens is 1. The van der Waals surface area contributed by atoms with E-state index in [1.54, 1.807) is 23.2 Å². The summed E-state index contributed by atoms with van der Waals surface area (Å²) >= 11 is 6.68. The summed E-state index contributed by atoms with van der Waals surface area (Å²) in [7, 11) is 0. The Labute approximate surface area is 215 Å². The molecule has 0 spiro atoms. The number of Topliss-reactive ketones (excluding diaryl/α,β-unsaturated/α-hetero) is 1. The summed E-state index contributed by atoms with van der Waals surface area (Å²) in [6.07, 6.45) is 2.72. The summed E-state index contributed by atoms with van der Waals surface area (Å²) in [5, 5.41) is 3.85. The average Bonchev–Trinajstić information content (AvgIpc) is 2.97. The van der Waals surface area contributed by atoms with Crippen molar-refractivity contribution in [3.8, 4) is 5.75 Å². The van der Waals surface area contributed by atoms with E-state index in [1.165, 1.54) is 6.92 Å². The third-order valence-corrected chi connectivity index (χ3v) is 6.90. The summed E-state index contributed by atoms with van der Waals surface area (Å²) in [5.41, 5.74) is 3.65. The molecule has 2 heterocycles. The number of pyridine rings is 1. The molecule has 36 heavy (non-hydrogen) atoms. The first-order chi connectivity index (χ1) is 17.2. The smallest absolute Gasteiger partial charge is 0.225 e. The number of carbonyl (C=O) groups is 2. The number of carbonyl (C=O) groups excluding carboxylic acids is 2. The van der Waals surface area contributed by atoms with Gasteiger partial charge in [0.1, 0.15) is 12.4 Å². The summed E-state index contributed by atoms with van der Waals surface area (Å²) in [4.78, 5) is 32.8. The monoisotopic (exact) mass is 501 g/mol. The van der Waals surface area contributed by atoms with Crippen LogP contribution in [0.25, 0.3) is 0 Å². The topological polar surface area (TPSA) is 71.5 Å². The summed E-state index contributed by atoms with van der Waals surface area (Å²) in [5.74, 6) is 0.816. The molecule has 0 radical (unpaired) electrons. The van der Waals surface area contributed by atoms with Crippen LogP contribution in [0.1, 0.15) is 50.8 Å². The van der Waals surface area contributed by atoms with Gasteiger partial charge in [0.2, 0.25) is 5.91 Å². The second-order valence-electron chi connectivity index (χ2n) is 10.1. The Bertz CT molecular complexity index is 1370. The molecule has 1 N–H and O–H groups in total. The Hall–Kier alpha value is -3.64. The molecule has 184 valence electrons. The van der Waals surface area contributed by atoms with Crippen molar-refractivity contribution >= 4 is 34.8 Å². The minimum Gasteiger partial charge on any atom is -0.487 e. The molecular weight excluding hydrogens is 474 g/mol. The molecule has 0 saturated heterocycles. The van der Waals surface area contributed by atoms with Gasteiger partial charge in [-0.15, -0.1) is 0 Å². The van der Waals surface area contributed by atoms with Crippen LogP contribution in [0.2, 0.25) is 5.02 Å². The van der Waals surface area contributed by atoms with E-state index in [0.29, 0.717) is 47.3 Å². The molecule has 1 amide bonds. The lowest BCUT2D eigenvalue weighted by Crippen LogP contribution is -2.38. The Kier molecular flexibility index (Phi) is 6.31. The molecule has 0 saturated carbocycles. The van der Waals surface area contributed by atoms with Gasteiger partial charge in [0, 0.05) is 30.8 Å². The summed E-state index contributed by atoms with van der Waals surface area (Å²) in [6, 6.07) is 18.3. The fraction of sp³-hybridized carbons (Fsp3) is 0.276. The Morgan fingerprint density at radius 2 is 1.92 bits per heavy atom. The maximum absolute atomic E-state index is 13.6. The number of anilines is 2. The van der Waals surface area contributed by atoms with E-state index in [9.17, 15) is 9.59 Å². The molecule has 0 bridgehead atoms. The SMILES string of the molecule is CC(=O)N1c2ncccc2NC2=C(C(=O)CC(C)(C)C2)[C@H]1c1ccc(OCc2ccccc2)c(Cl)c1. The zero-order valence-electron chi connectivity index (χ0n) is 20.5. The molecule has 1 aliphatic carbocycles. The predicted octanol–water partition coefficient (Wildman–Crippen LogP) is 6.48. The second kappa shape index (κ2) is 9.43. The van der Waals surface area contributed by atoms with Crippen molar-refractivity contribution in [2.75, 3.05) is 10.2 Å². The number of nitrogens with zero attached hydrogens (tertiary/aromatic N) is 2. The first-order valence-electron chi connectivity index (χ1n) is 12.0. The highest BCUT2D eigenvalue weighted by molar-refractivity contribution is 6.32. The molecule has 0 fully saturated rings. The van der Waals surface area contributed by atoms with Crippen LogP contribution in [-0.2, 0) is 16.2 Å². The third kappa shape index (κ3) is 4.61. The summed E-state index contributed by atoms with van der Waals surface area (Å²) < 4.78 is 5.96.